The van der Waals surface area contributed by atoms with E-state index in [1.54, 1.807) is 24.3 Å². The molecule has 2 N–H and O–H groups in total. The smallest absolute Gasteiger partial charge is 0.371 e. The number of rotatable bonds is 2. The van der Waals surface area contributed by atoms with Gasteiger partial charge in [0.1, 0.15) is 0 Å². The summed E-state index contributed by atoms with van der Waals surface area (Å²) in [6, 6.07) is 6.59. The number of amidine groups is 1. The maximum atomic E-state index is 10.7. The van der Waals surface area contributed by atoms with Gasteiger partial charge in [0, 0.05) is 12.6 Å². The molecule has 5 heteroatoms. The second-order valence-electron chi connectivity index (χ2n) is 2.71. The molecule has 0 spiro atoms. The molecule has 5 nitrogen and oxygen atoms in total. The first-order chi connectivity index (χ1) is 7.19. The predicted molar refractivity (Wildman–Crippen MR) is 56.4 cm³/mol. The normalized spacial score (nSPS) is 10.9. The third-order valence-electron chi connectivity index (χ3n) is 1.77. The van der Waals surface area contributed by atoms with Crippen LogP contribution in [0.25, 0.3) is 0 Å². The number of benzene rings is 1. The summed E-state index contributed by atoms with van der Waals surface area (Å²) in [5.41, 5.74) is 0.815. The molecule has 0 bridgehead atoms. The first-order valence-corrected chi connectivity index (χ1v) is 4.20. The van der Waals surface area contributed by atoms with Gasteiger partial charge in [-0.2, -0.15) is 0 Å². The molecule has 0 aliphatic carbocycles. The molecule has 78 valence electrons. The van der Waals surface area contributed by atoms with E-state index in [-0.39, 0.29) is 5.84 Å². The van der Waals surface area contributed by atoms with Gasteiger partial charge in [0.25, 0.3) is 0 Å². The summed E-state index contributed by atoms with van der Waals surface area (Å²) in [6.45, 7) is 0. The van der Waals surface area contributed by atoms with Crippen LogP contribution in [0.3, 0.4) is 0 Å². The standard InChI is InChI=1S/C10H10N2O3/c1-11-9(10(14)15)12-8-5-3-2-4-7(8)6-13/h2-6H,1H3,(H,11,12)(H,14,15). The number of aliphatic carboxylic acids is 1. The molecule has 0 fully saturated rings. The highest BCUT2D eigenvalue weighted by atomic mass is 16.4. The van der Waals surface area contributed by atoms with Crippen LogP contribution in [0.5, 0.6) is 0 Å². The van der Waals surface area contributed by atoms with E-state index in [0.29, 0.717) is 17.5 Å². The molecule has 1 aromatic rings. The monoisotopic (exact) mass is 206 g/mol. The summed E-state index contributed by atoms with van der Waals surface area (Å²) in [7, 11) is 1.36. The lowest BCUT2D eigenvalue weighted by molar-refractivity contribution is -0.129. The molecule has 0 saturated carbocycles. The molecular formula is C10H10N2O3. The molecule has 0 saturated heterocycles. The summed E-state index contributed by atoms with van der Waals surface area (Å²) < 4.78 is 0. The third-order valence-corrected chi connectivity index (χ3v) is 1.77. The number of aliphatic imine (C=N–C) groups is 1. The first-order valence-electron chi connectivity index (χ1n) is 4.20. The second kappa shape index (κ2) is 4.90. The number of carboxylic acid groups (broad SMARTS) is 1. The van der Waals surface area contributed by atoms with Crippen LogP contribution in [0, 0.1) is 0 Å². The third kappa shape index (κ3) is 2.63. The van der Waals surface area contributed by atoms with Crippen molar-refractivity contribution in [3.8, 4) is 0 Å². The maximum Gasteiger partial charge on any atom is 0.371 e. The Morgan fingerprint density at radius 1 is 1.47 bits per heavy atom. The Hall–Kier alpha value is -2.17. The number of carboxylic acids is 1. The topological polar surface area (TPSA) is 78.8 Å². The molecule has 0 aromatic heterocycles. The van der Waals surface area contributed by atoms with Crippen molar-refractivity contribution in [2.24, 2.45) is 4.99 Å². The van der Waals surface area contributed by atoms with Crippen molar-refractivity contribution in [1.82, 2.24) is 0 Å². The molecule has 0 radical (unpaired) electrons. The van der Waals surface area contributed by atoms with Crippen molar-refractivity contribution in [1.29, 1.82) is 0 Å². The van der Waals surface area contributed by atoms with Crippen LogP contribution in [-0.4, -0.2) is 30.2 Å². The van der Waals surface area contributed by atoms with E-state index < -0.39 is 5.97 Å². The molecule has 0 heterocycles. The number of nitrogens with zero attached hydrogens (tertiary/aromatic N) is 1. The molecule has 0 amide bonds. The van der Waals surface area contributed by atoms with Crippen LogP contribution in [0.2, 0.25) is 0 Å². The number of nitrogens with one attached hydrogen (secondary N) is 1. The summed E-state index contributed by atoms with van der Waals surface area (Å²) in [5.74, 6) is -1.37. The van der Waals surface area contributed by atoms with E-state index >= 15 is 0 Å². The van der Waals surface area contributed by atoms with E-state index in [9.17, 15) is 9.59 Å². The average Bonchev–Trinajstić information content (AvgIpc) is 2.25. The minimum Gasteiger partial charge on any atom is -0.475 e. The van der Waals surface area contributed by atoms with Crippen molar-refractivity contribution >= 4 is 23.8 Å². The van der Waals surface area contributed by atoms with Gasteiger partial charge in [0.05, 0.1) is 5.69 Å². The average molecular weight is 206 g/mol. The lowest BCUT2D eigenvalue weighted by atomic mass is 10.2. The molecule has 0 unspecified atom stereocenters. The molecule has 1 rings (SSSR count). The SMILES string of the molecule is CN=C(Nc1ccccc1C=O)C(=O)O. The fraction of sp³-hybridized carbons (Fsp3) is 0.100. The predicted octanol–water partition coefficient (Wildman–Crippen LogP) is 1.02. The number of anilines is 1. The van der Waals surface area contributed by atoms with Crippen molar-refractivity contribution in [3.63, 3.8) is 0 Å². The van der Waals surface area contributed by atoms with E-state index in [4.69, 9.17) is 5.11 Å². The van der Waals surface area contributed by atoms with Gasteiger partial charge in [0.2, 0.25) is 5.84 Å². The molecule has 0 aliphatic rings. The zero-order chi connectivity index (χ0) is 11.3. The lowest BCUT2D eigenvalue weighted by Crippen LogP contribution is -2.23. The van der Waals surface area contributed by atoms with Crippen LogP contribution in [0.1, 0.15) is 10.4 Å². The van der Waals surface area contributed by atoms with Gasteiger partial charge in [-0.25, -0.2) is 4.79 Å². The van der Waals surface area contributed by atoms with E-state index in [0.717, 1.165) is 0 Å². The molecule has 0 atom stereocenters. The van der Waals surface area contributed by atoms with E-state index in [2.05, 4.69) is 10.3 Å². The van der Waals surface area contributed by atoms with Crippen LogP contribution >= 0.6 is 0 Å². The Balaban J connectivity index is 2.98. The van der Waals surface area contributed by atoms with Gasteiger partial charge in [0.15, 0.2) is 6.29 Å². The van der Waals surface area contributed by atoms with Crippen LogP contribution in [0.15, 0.2) is 29.3 Å². The van der Waals surface area contributed by atoms with Gasteiger partial charge in [-0.3, -0.25) is 9.79 Å². The van der Waals surface area contributed by atoms with Crippen molar-refractivity contribution in [2.75, 3.05) is 12.4 Å². The molecule has 0 aliphatic heterocycles. The summed E-state index contributed by atoms with van der Waals surface area (Å²) in [5, 5.41) is 11.3. The van der Waals surface area contributed by atoms with E-state index in [1.165, 1.54) is 7.05 Å². The second-order valence-corrected chi connectivity index (χ2v) is 2.71. The van der Waals surface area contributed by atoms with E-state index in [1.807, 2.05) is 0 Å². The zero-order valence-electron chi connectivity index (χ0n) is 8.10. The van der Waals surface area contributed by atoms with Crippen molar-refractivity contribution in [3.05, 3.63) is 29.8 Å². The highest BCUT2D eigenvalue weighted by Gasteiger charge is 2.09. The van der Waals surface area contributed by atoms with Gasteiger partial charge in [-0.1, -0.05) is 12.1 Å². The fourth-order valence-electron chi connectivity index (χ4n) is 1.05. The van der Waals surface area contributed by atoms with Crippen molar-refractivity contribution < 1.29 is 14.7 Å². The zero-order valence-corrected chi connectivity index (χ0v) is 8.10. The van der Waals surface area contributed by atoms with Gasteiger partial charge < -0.3 is 10.4 Å². The largest absolute Gasteiger partial charge is 0.475 e. The number of para-hydroxylation sites is 1. The molecule has 15 heavy (non-hydrogen) atoms. The highest BCUT2D eigenvalue weighted by molar-refractivity contribution is 6.39. The number of aldehydes is 1. The Kier molecular flexibility index (Phi) is 3.56. The Morgan fingerprint density at radius 3 is 2.67 bits per heavy atom. The van der Waals surface area contributed by atoms with Gasteiger partial charge in [-0.05, 0) is 12.1 Å². The lowest BCUT2D eigenvalue weighted by Gasteiger charge is -2.06. The quantitative estimate of drug-likeness (QED) is 0.430. The van der Waals surface area contributed by atoms with Crippen molar-refractivity contribution in [2.45, 2.75) is 0 Å². The van der Waals surface area contributed by atoms with Crippen LogP contribution < -0.4 is 5.32 Å². The Morgan fingerprint density at radius 2 is 2.13 bits per heavy atom. The minimum absolute atomic E-state index is 0.204. The summed E-state index contributed by atoms with van der Waals surface area (Å²) in [6.07, 6.45) is 0.650. The number of hydrogen-bond acceptors (Lipinski definition) is 3. The highest BCUT2D eigenvalue weighted by Crippen LogP contribution is 2.12. The van der Waals surface area contributed by atoms with Crippen LogP contribution in [0.4, 0.5) is 5.69 Å². The number of carbonyl (C=O) groups excluding carboxylic acids is 1. The number of carbonyl (C=O) groups is 2. The number of hydrogen-bond donors (Lipinski definition) is 2. The Labute approximate surface area is 86.5 Å². The molecule has 1 aromatic carbocycles. The molecular weight excluding hydrogens is 196 g/mol. The first kappa shape index (κ1) is 10.9. The van der Waals surface area contributed by atoms with Gasteiger partial charge >= 0.3 is 5.97 Å². The summed E-state index contributed by atoms with van der Waals surface area (Å²) in [4.78, 5) is 24.8. The minimum atomic E-state index is -1.17. The summed E-state index contributed by atoms with van der Waals surface area (Å²) >= 11 is 0. The maximum absolute atomic E-state index is 10.7. The van der Waals surface area contributed by atoms with Gasteiger partial charge in [-0.15, -0.1) is 0 Å². The van der Waals surface area contributed by atoms with Crippen LogP contribution in [-0.2, 0) is 4.79 Å². The Bertz CT molecular complexity index is 413. The fourth-order valence-corrected chi connectivity index (χ4v) is 1.05.